The van der Waals surface area contributed by atoms with Crippen LogP contribution >= 0.6 is 0 Å². The number of carbonyl (C=O) groups is 2. The Morgan fingerprint density at radius 1 is 0.973 bits per heavy atom. The molecule has 37 heavy (non-hydrogen) atoms. The van der Waals surface area contributed by atoms with Crippen molar-refractivity contribution in [3.8, 4) is 0 Å². The Morgan fingerprint density at radius 3 is 2.43 bits per heavy atom. The van der Waals surface area contributed by atoms with E-state index in [1.54, 1.807) is 0 Å². The Labute approximate surface area is 214 Å². The number of benzene rings is 3. The van der Waals surface area contributed by atoms with Gasteiger partial charge in [0.25, 0.3) is 21.8 Å². The number of nitrogens with one attached hydrogen (secondary N) is 3. The summed E-state index contributed by atoms with van der Waals surface area (Å²) in [6.45, 7) is 3.21. The van der Waals surface area contributed by atoms with Crippen LogP contribution in [0.15, 0.2) is 65.6 Å². The summed E-state index contributed by atoms with van der Waals surface area (Å²) in [6, 6.07) is 14.7. The number of carbonyl (C=O) groups excluding carboxylic acids is 2. The molecule has 0 aliphatic carbocycles. The molecule has 1 heterocycles. The third-order valence-corrected chi connectivity index (χ3v) is 7.51. The highest BCUT2D eigenvalue weighted by Gasteiger charge is 2.33. The predicted octanol–water partition coefficient (Wildman–Crippen LogP) is 3.48. The van der Waals surface area contributed by atoms with Gasteiger partial charge in [-0.05, 0) is 72.8 Å². The van der Waals surface area contributed by atoms with E-state index in [0.717, 1.165) is 24.1 Å². The fourth-order valence-electron chi connectivity index (χ4n) is 4.28. The van der Waals surface area contributed by atoms with Crippen molar-refractivity contribution in [2.75, 3.05) is 6.54 Å². The Balaban J connectivity index is 1.47. The average Bonchev–Trinajstić information content (AvgIpc) is 3.08. The van der Waals surface area contributed by atoms with E-state index in [4.69, 9.17) is 0 Å². The minimum absolute atomic E-state index is 0.0281. The van der Waals surface area contributed by atoms with Gasteiger partial charge in [-0.1, -0.05) is 31.2 Å². The van der Waals surface area contributed by atoms with Gasteiger partial charge in [-0.25, -0.2) is 21.9 Å². The lowest BCUT2D eigenvalue weighted by atomic mass is 10.0. The summed E-state index contributed by atoms with van der Waals surface area (Å²) < 4.78 is 53.7. The standard InChI is InChI=1S/C27H27F2N3O4S/c1-2-17-4-3-5-18(10-17)16-30-9-8-23(13-19-11-21(28)15-22(29)12-19)31-26(33)20-6-7-24-25(14-20)37(35,36)32-27(24)34/h3-7,10-12,14-15,23,30H,2,8-9,13,16H2,1H3,(H,31,33)(H,32,34)/t23-/m0/s1. The summed E-state index contributed by atoms with van der Waals surface area (Å²) >= 11 is 0. The number of sulfonamides is 1. The highest BCUT2D eigenvalue weighted by Crippen LogP contribution is 2.23. The van der Waals surface area contributed by atoms with Crippen LogP contribution in [0.4, 0.5) is 8.78 Å². The van der Waals surface area contributed by atoms with Crippen molar-refractivity contribution in [1.82, 2.24) is 15.4 Å². The molecule has 0 radical (unpaired) electrons. The van der Waals surface area contributed by atoms with Gasteiger partial charge in [0.05, 0.1) is 5.56 Å². The molecule has 0 saturated carbocycles. The molecule has 1 atom stereocenters. The number of fused-ring (bicyclic) bond motifs is 1. The maximum atomic E-state index is 13.8. The van der Waals surface area contributed by atoms with Gasteiger partial charge >= 0.3 is 0 Å². The molecule has 2 amide bonds. The minimum Gasteiger partial charge on any atom is -0.349 e. The molecule has 3 N–H and O–H groups in total. The molecule has 0 spiro atoms. The first kappa shape index (κ1) is 26.4. The fraction of sp³-hybridized carbons (Fsp3) is 0.259. The quantitative estimate of drug-likeness (QED) is 0.350. The molecule has 0 aromatic heterocycles. The number of aryl methyl sites for hydroxylation is 1. The van der Waals surface area contributed by atoms with E-state index >= 15 is 0 Å². The molecule has 0 fully saturated rings. The Bertz CT molecular complexity index is 1420. The summed E-state index contributed by atoms with van der Waals surface area (Å²) in [5, 5.41) is 6.17. The predicted molar refractivity (Wildman–Crippen MR) is 135 cm³/mol. The van der Waals surface area contributed by atoms with Crippen molar-refractivity contribution in [3.63, 3.8) is 0 Å². The van der Waals surface area contributed by atoms with Gasteiger partial charge in [0, 0.05) is 24.2 Å². The number of hydrogen-bond acceptors (Lipinski definition) is 5. The SMILES string of the molecule is CCc1cccc(CNCC[C@@H](Cc2cc(F)cc(F)c2)NC(=O)c2ccc3c(c2)S(=O)(=O)NC3=O)c1. The fourth-order valence-corrected chi connectivity index (χ4v) is 5.48. The van der Waals surface area contributed by atoms with Gasteiger partial charge in [0.15, 0.2) is 0 Å². The molecule has 3 aromatic rings. The van der Waals surface area contributed by atoms with Crippen LogP contribution in [0.2, 0.25) is 0 Å². The van der Waals surface area contributed by atoms with Crippen LogP contribution in [0.25, 0.3) is 0 Å². The lowest BCUT2D eigenvalue weighted by molar-refractivity contribution is 0.0932. The molecule has 0 saturated heterocycles. The maximum absolute atomic E-state index is 13.8. The molecule has 4 rings (SSSR count). The number of amides is 2. The van der Waals surface area contributed by atoms with Crippen LogP contribution in [-0.4, -0.2) is 32.8 Å². The van der Waals surface area contributed by atoms with Crippen LogP contribution in [0.3, 0.4) is 0 Å². The van der Waals surface area contributed by atoms with E-state index in [-0.39, 0.29) is 22.4 Å². The zero-order valence-electron chi connectivity index (χ0n) is 20.2. The molecular formula is C27H27F2N3O4S. The third kappa shape index (κ3) is 6.58. The van der Waals surface area contributed by atoms with Crippen molar-refractivity contribution in [1.29, 1.82) is 0 Å². The van der Waals surface area contributed by atoms with E-state index in [2.05, 4.69) is 29.7 Å². The van der Waals surface area contributed by atoms with E-state index in [1.165, 1.54) is 29.8 Å². The summed E-state index contributed by atoms with van der Waals surface area (Å²) in [4.78, 5) is 24.6. The average molecular weight is 528 g/mol. The normalized spacial score (nSPS) is 14.6. The first-order valence-electron chi connectivity index (χ1n) is 11.9. The van der Waals surface area contributed by atoms with Gasteiger partial charge in [-0.15, -0.1) is 0 Å². The Hall–Kier alpha value is -3.63. The van der Waals surface area contributed by atoms with Gasteiger partial charge in [0.2, 0.25) is 0 Å². The highest BCUT2D eigenvalue weighted by molar-refractivity contribution is 7.90. The summed E-state index contributed by atoms with van der Waals surface area (Å²) in [5.41, 5.74) is 2.75. The molecule has 1 aliphatic rings. The highest BCUT2D eigenvalue weighted by atomic mass is 32.2. The molecule has 10 heteroatoms. The van der Waals surface area contributed by atoms with Crippen molar-refractivity contribution >= 4 is 21.8 Å². The van der Waals surface area contributed by atoms with E-state index < -0.39 is 39.5 Å². The molecule has 1 aliphatic heterocycles. The van der Waals surface area contributed by atoms with Gasteiger partial charge < -0.3 is 10.6 Å². The maximum Gasteiger partial charge on any atom is 0.266 e. The van der Waals surface area contributed by atoms with Crippen molar-refractivity contribution in [2.24, 2.45) is 0 Å². The van der Waals surface area contributed by atoms with Gasteiger partial charge in [-0.3, -0.25) is 9.59 Å². The van der Waals surface area contributed by atoms with E-state index in [0.29, 0.717) is 25.1 Å². The van der Waals surface area contributed by atoms with E-state index in [9.17, 15) is 26.8 Å². The van der Waals surface area contributed by atoms with Crippen molar-refractivity contribution in [3.05, 3.63) is 100 Å². The van der Waals surface area contributed by atoms with Gasteiger partial charge in [-0.2, -0.15) is 0 Å². The molecule has 194 valence electrons. The zero-order valence-corrected chi connectivity index (χ0v) is 21.0. The Morgan fingerprint density at radius 2 is 1.70 bits per heavy atom. The van der Waals surface area contributed by atoms with Crippen LogP contribution in [-0.2, 0) is 29.4 Å². The summed E-state index contributed by atoms with van der Waals surface area (Å²) in [7, 11) is -4.02. The molecule has 0 bridgehead atoms. The second-order valence-corrected chi connectivity index (χ2v) is 10.6. The second kappa shape index (κ2) is 11.2. The Kier molecular flexibility index (Phi) is 7.99. The third-order valence-electron chi connectivity index (χ3n) is 6.14. The molecule has 3 aromatic carbocycles. The lowest BCUT2D eigenvalue weighted by Crippen LogP contribution is -2.38. The van der Waals surface area contributed by atoms with Crippen LogP contribution in [0, 0.1) is 11.6 Å². The van der Waals surface area contributed by atoms with Crippen LogP contribution in [0.1, 0.15) is 50.8 Å². The number of halogens is 2. The van der Waals surface area contributed by atoms with Gasteiger partial charge in [0.1, 0.15) is 16.5 Å². The first-order chi connectivity index (χ1) is 17.6. The van der Waals surface area contributed by atoms with E-state index in [1.807, 2.05) is 16.9 Å². The van der Waals surface area contributed by atoms with Crippen molar-refractivity contribution in [2.45, 2.75) is 43.7 Å². The topological polar surface area (TPSA) is 104 Å². The second-order valence-electron chi connectivity index (χ2n) is 8.94. The lowest BCUT2D eigenvalue weighted by Gasteiger charge is -2.20. The zero-order chi connectivity index (χ0) is 26.6. The number of rotatable bonds is 10. The summed E-state index contributed by atoms with van der Waals surface area (Å²) in [6.07, 6.45) is 1.54. The van der Waals surface area contributed by atoms with Crippen molar-refractivity contribution < 1.29 is 26.8 Å². The molecule has 0 unspecified atom stereocenters. The molecule has 7 nitrogen and oxygen atoms in total. The monoisotopic (exact) mass is 527 g/mol. The first-order valence-corrected chi connectivity index (χ1v) is 13.4. The van der Waals surface area contributed by atoms with Crippen LogP contribution in [0.5, 0.6) is 0 Å². The smallest absolute Gasteiger partial charge is 0.266 e. The minimum atomic E-state index is -4.02. The molecular weight excluding hydrogens is 500 g/mol. The summed E-state index contributed by atoms with van der Waals surface area (Å²) in [5.74, 6) is -2.73. The van der Waals surface area contributed by atoms with Crippen LogP contribution < -0.4 is 15.4 Å². The largest absolute Gasteiger partial charge is 0.349 e. The number of hydrogen-bond donors (Lipinski definition) is 3.